The zero-order chi connectivity index (χ0) is 10.8. The summed E-state index contributed by atoms with van der Waals surface area (Å²) in [6.45, 7) is 1.83. The normalized spacial score (nSPS) is 10.6. The van der Waals surface area contributed by atoms with Crippen LogP contribution in [-0.2, 0) is 5.88 Å². The molecule has 0 aliphatic carbocycles. The maximum Gasteiger partial charge on any atom is 0.152 e. The van der Waals surface area contributed by atoms with Crippen molar-refractivity contribution in [2.45, 2.75) is 12.8 Å². The van der Waals surface area contributed by atoms with Crippen molar-refractivity contribution in [2.24, 2.45) is 0 Å². The Kier molecular flexibility index (Phi) is 2.68. The molecular weight excluding hydrogens is 217 g/mol. The fourth-order valence-electron chi connectivity index (χ4n) is 1.42. The van der Waals surface area contributed by atoms with E-state index in [1.807, 2.05) is 13.0 Å². The topological polar surface area (TPSA) is 30.7 Å². The van der Waals surface area contributed by atoms with Gasteiger partial charge in [0, 0.05) is 0 Å². The van der Waals surface area contributed by atoms with Crippen LogP contribution in [0.15, 0.2) is 24.5 Å². The van der Waals surface area contributed by atoms with Crippen LogP contribution in [0.4, 0.5) is 4.39 Å². The Morgan fingerprint density at radius 3 is 2.87 bits per heavy atom. The monoisotopic (exact) mass is 225 g/mol. The maximum absolute atomic E-state index is 13.2. The molecule has 1 aromatic heterocycles. The summed E-state index contributed by atoms with van der Waals surface area (Å²) in [6, 6.07) is 4.74. The van der Waals surface area contributed by atoms with E-state index in [0.29, 0.717) is 11.5 Å². The SMILES string of the molecule is Cc1cc(F)cc(-n2cnnc2CCl)c1. The number of aryl methyl sites for hydroxylation is 1. The van der Waals surface area contributed by atoms with Gasteiger partial charge >= 0.3 is 0 Å². The largest absolute Gasteiger partial charge is 0.284 e. The number of halogens is 2. The zero-order valence-corrected chi connectivity index (χ0v) is 8.87. The van der Waals surface area contributed by atoms with Gasteiger partial charge in [0.15, 0.2) is 5.82 Å². The van der Waals surface area contributed by atoms with Crippen molar-refractivity contribution in [3.63, 3.8) is 0 Å². The van der Waals surface area contributed by atoms with Gasteiger partial charge in [0.25, 0.3) is 0 Å². The van der Waals surface area contributed by atoms with E-state index >= 15 is 0 Å². The van der Waals surface area contributed by atoms with E-state index in [-0.39, 0.29) is 11.7 Å². The minimum atomic E-state index is -0.278. The average molecular weight is 226 g/mol. The Morgan fingerprint density at radius 2 is 2.20 bits per heavy atom. The second kappa shape index (κ2) is 3.98. The van der Waals surface area contributed by atoms with E-state index in [2.05, 4.69) is 10.2 Å². The Balaban J connectivity index is 2.53. The van der Waals surface area contributed by atoms with Crippen LogP contribution in [0.2, 0.25) is 0 Å². The third-order valence-corrected chi connectivity index (χ3v) is 2.28. The van der Waals surface area contributed by atoms with Gasteiger partial charge in [-0.15, -0.1) is 21.8 Å². The zero-order valence-electron chi connectivity index (χ0n) is 8.11. The van der Waals surface area contributed by atoms with Gasteiger partial charge < -0.3 is 0 Å². The second-order valence-electron chi connectivity index (χ2n) is 3.24. The highest BCUT2D eigenvalue weighted by atomic mass is 35.5. The van der Waals surface area contributed by atoms with Crippen LogP contribution in [0.3, 0.4) is 0 Å². The van der Waals surface area contributed by atoms with Gasteiger partial charge in [0.1, 0.15) is 12.1 Å². The first kappa shape index (κ1) is 10.1. The predicted molar refractivity (Wildman–Crippen MR) is 55.6 cm³/mol. The lowest BCUT2D eigenvalue weighted by molar-refractivity contribution is 0.625. The van der Waals surface area contributed by atoms with Crippen LogP contribution >= 0.6 is 11.6 Å². The predicted octanol–water partition coefficient (Wildman–Crippen LogP) is 2.45. The highest BCUT2D eigenvalue weighted by Crippen LogP contribution is 2.15. The van der Waals surface area contributed by atoms with Crippen LogP contribution in [0.5, 0.6) is 0 Å². The molecule has 0 spiro atoms. The van der Waals surface area contributed by atoms with Crippen molar-refractivity contribution in [2.75, 3.05) is 0 Å². The lowest BCUT2D eigenvalue weighted by Crippen LogP contribution is -1.99. The van der Waals surface area contributed by atoms with E-state index < -0.39 is 0 Å². The molecule has 0 amide bonds. The summed E-state index contributed by atoms with van der Waals surface area (Å²) in [5, 5.41) is 7.56. The Hall–Kier alpha value is -1.42. The molecule has 0 fully saturated rings. The van der Waals surface area contributed by atoms with Gasteiger partial charge in [0.2, 0.25) is 0 Å². The van der Waals surface area contributed by atoms with Gasteiger partial charge in [-0.1, -0.05) is 0 Å². The van der Waals surface area contributed by atoms with Crippen LogP contribution in [0, 0.1) is 12.7 Å². The van der Waals surface area contributed by atoms with Gasteiger partial charge in [0.05, 0.1) is 11.6 Å². The summed E-state index contributed by atoms with van der Waals surface area (Å²) in [4.78, 5) is 0. The van der Waals surface area contributed by atoms with E-state index in [4.69, 9.17) is 11.6 Å². The van der Waals surface area contributed by atoms with E-state index in [9.17, 15) is 4.39 Å². The van der Waals surface area contributed by atoms with E-state index in [1.54, 1.807) is 4.57 Å². The molecule has 1 heterocycles. The summed E-state index contributed by atoms with van der Waals surface area (Å²) in [5.74, 6) is 0.566. The first-order chi connectivity index (χ1) is 7.20. The van der Waals surface area contributed by atoms with Crippen molar-refractivity contribution in [3.8, 4) is 5.69 Å². The minimum absolute atomic E-state index is 0.246. The maximum atomic E-state index is 13.2. The Bertz CT molecular complexity index is 461. The summed E-state index contributed by atoms with van der Waals surface area (Å²) in [6.07, 6.45) is 1.52. The quantitative estimate of drug-likeness (QED) is 0.735. The van der Waals surface area contributed by atoms with E-state index in [0.717, 1.165) is 5.56 Å². The molecule has 0 aliphatic rings. The lowest BCUT2D eigenvalue weighted by atomic mass is 10.2. The second-order valence-corrected chi connectivity index (χ2v) is 3.50. The van der Waals surface area contributed by atoms with Gasteiger partial charge in [-0.3, -0.25) is 4.57 Å². The van der Waals surface area contributed by atoms with Gasteiger partial charge in [-0.25, -0.2) is 4.39 Å². The smallest absolute Gasteiger partial charge is 0.152 e. The fraction of sp³-hybridized carbons (Fsp3) is 0.200. The highest BCUT2D eigenvalue weighted by molar-refractivity contribution is 6.16. The summed E-state index contributed by atoms with van der Waals surface area (Å²) < 4.78 is 14.8. The van der Waals surface area contributed by atoms with Gasteiger partial charge in [-0.2, -0.15) is 0 Å². The first-order valence-corrected chi connectivity index (χ1v) is 4.96. The Morgan fingerprint density at radius 1 is 1.40 bits per heavy atom. The number of rotatable bonds is 2. The number of aromatic nitrogens is 3. The summed E-state index contributed by atoms with van der Waals surface area (Å²) >= 11 is 5.69. The van der Waals surface area contributed by atoms with Crippen LogP contribution < -0.4 is 0 Å². The molecule has 2 aromatic rings. The molecular formula is C10H9ClFN3. The molecule has 2 rings (SSSR count). The molecule has 3 nitrogen and oxygen atoms in total. The molecule has 0 saturated carbocycles. The lowest BCUT2D eigenvalue weighted by Gasteiger charge is -2.05. The fourth-order valence-corrected chi connectivity index (χ4v) is 1.60. The summed E-state index contributed by atoms with van der Waals surface area (Å²) in [7, 11) is 0. The standard InChI is InChI=1S/C10H9ClFN3/c1-7-2-8(12)4-9(3-7)15-6-13-14-10(15)5-11/h2-4,6H,5H2,1H3. The molecule has 78 valence electrons. The molecule has 0 bridgehead atoms. The third kappa shape index (κ3) is 1.99. The molecule has 1 aromatic carbocycles. The number of alkyl halides is 1. The van der Waals surface area contributed by atoms with Crippen molar-refractivity contribution >= 4 is 11.6 Å². The molecule has 0 saturated heterocycles. The summed E-state index contributed by atoms with van der Waals surface area (Å²) in [5.41, 5.74) is 1.53. The number of hydrogen-bond donors (Lipinski definition) is 0. The van der Waals surface area contributed by atoms with Crippen LogP contribution in [0.25, 0.3) is 5.69 Å². The Labute approximate surface area is 91.5 Å². The molecule has 0 radical (unpaired) electrons. The van der Waals surface area contributed by atoms with Crippen molar-refractivity contribution in [1.29, 1.82) is 0 Å². The van der Waals surface area contributed by atoms with Crippen molar-refractivity contribution < 1.29 is 4.39 Å². The highest BCUT2D eigenvalue weighted by Gasteiger charge is 2.06. The number of benzene rings is 1. The first-order valence-electron chi connectivity index (χ1n) is 4.43. The van der Waals surface area contributed by atoms with Crippen LogP contribution in [-0.4, -0.2) is 14.8 Å². The van der Waals surface area contributed by atoms with E-state index in [1.165, 1.54) is 18.5 Å². The van der Waals surface area contributed by atoms with Crippen molar-refractivity contribution in [1.82, 2.24) is 14.8 Å². The average Bonchev–Trinajstić information content (AvgIpc) is 2.63. The molecule has 0 N–H and O–H groups in total. The third-order valence-electron chi connectivity index (χ3n) is 2.04. The number of nitrogens with zero attached hydrogens (tertiary/aromatic N) is 3. The van der Waals surface area contributed by atoms with Gasteiger partial charge in [-0.05, 0) is 30.7 Å². The minimum Gasteiger partial charge on any atom is -0.284 e. The number of hydrogen-bond acceptors (Lipinski definition) is 2. The molecule has 0 unspecified atom stereocenters. The van der Waals surface area contributed by atoms with Crippen LogP contribution in [0.1, 0.15) is 11.4 Å². The van der Waals surface area contributed by atoms with Crippen molar-refractivity contribution in [3.05, 3.63) is 41.7 Å². The molecule has 0 aliphatic heterocycles. The molecule has 15 heavy (non-hydrogen) atoms. The molecule has 0 atom stereocenters. The molecule has 5 heteroatoms.